The van der Waals surface area contributed by atoms with E-state index in [1.54, 1.807) is 0 Å². The van der Waals surface area contributed by atoms with Gasteiger partial charge in [0.25, 0.3) is 5.71 Å². The lowest BCUT2D eigenvalue weighted by atomic mass is 10.3. The molecular formula is C9H13N5O. The average molecular weight is 207 g/mol. The van der Waals surface area contributed by atoms with Crippen LogP contribution in [0.1, 0.15) is 6.92 Å². The molecule has 0 aliphatic carbocycles. The molecule has 0 aliphatic heterocycles. The van der Waals surface area contributed by atoms with E-state index < -0.39 is 0 Å². The van der Waals surface area contributed by atoms with Crippen LogP contribution in [0, 0.1) is 0 Å². The van der Waals surface area contributed by atoms with Crippen molar-refractivity contribution in [2.45, 2.75) is 13.0 Å². The summed E-state index contributed by atoms with van der Waals surface area (Å²) >= 11 is 0. The van der Waals surface area contributed by atoms with Crippen LogP contribution >= 0.6 is 0 Å². The van der Waals surface area contributed by atoms with Crippen LogP contribution in [-0.4, -0.2) is 34.6 Å². The van der Waals surface area contributed by atoms with Crippen LogP contribution in [0.3, 0.4) is 0 Å². The molecule has 0 saturated carbocycles. The first-order valence-corrected chi connectivity index (χ1v) is 4.71. The minimum atomic E-state index is 0.194. The summed E-state index contributed by atoms with van der Waals surface area (Å²) in [6, 6.07) is 0.194. The predicted molar refractivity (Wildman–Crippen MR) is 56.5 cm³/mol. The summed E-state index contributed by atoms with van der Waals surface area (Å²) in [6.07, 6.45) is 2.83. The van der Waals surface area contributed by atoms with Gasteiger partial charge >= 0.3 is 0 Å². The van der Waals surface area contributed by atoms with Gasteiger partial charge in [0.15, 0.2) is 17.7 Å². The number of fused-ring (bicyclic) bond motifs is 1. The normalized spacial score (nSPS) is 13.0. The molecule has 2 heterocycles. The summed E-state index contributed by atoms with van der Waals surface area (Å²) in [6.45, 7) is 2.58. The molecule has 0 saturated heterocycles. The fourth-order valence-corrected chi connectivity index (χ4v) is 1.31. The second-order valence-electron chi connectivity index (χ2n) is 3.40. The highest BCUT2D eigenvalue weighted by Crippen LogP contribution is 2.20. The van der Waals surface area contributed by atoms with Gasteiger partial charge in [-0.15, -0.1) is 0 Å². The van der Waals surface area contributed by atoms with E-state index in [2.05, 4.69) is 15.0 Å². The summed E-state index contributed by atoms with van der Waals surface area (Å²) in [5.74, 6) is 0.742. The van der Waals surface area contributed by atoms with Gasteiger partial charge in [0.05, 0.1) is 0 Å². The Balaban J connectivity index is 2.46. The standard InChI is InChI=1S/C9H13N5O/c1-6(3-10)14(2)8-7-9(12-4-11-8)15-5-13-7/h4-6H,3,10H2,1-2H3. The molecule has 80 valence electrons. The maximum atomic E-state index is 5.60. The molecule has 2 rings (SSSR count). The van der Waals surface area contributed by atoms with Gasteiger partial charge in [-0.2, -0.15) is 4.98 Å². The van der Waals surface area contributed by atoms with Crippen LogP contribution in [0.2, 0.25) is 0 Å². The first kappa shape index (κ1) is 9.85. The monoisotopic (exact) mass is 207 g/mol. The smallest absolute Gasteiger partial charge is 0.252 e. The number of nitrogens with zero attached hydrogens (tertiary/aromatic N) is 4. The topological polar surface area (TPSA) is 81.1 Å². The average Bonchev–Trinajstić information content (AvgIpc) is 2.74. The lowest BCUT2D eigenvalue weighted by Gasteiger charge is -2.24. The molecular weight excluding hydrogens is 194 g/mol. The molecule has 6 nitrogen and oxygen atoms in total. The Hall–Kier alpha value is -1.69. The Morgan fingerprint density at radius 3 is 3.00 bits per heavy atom. The van der Waals surface area contributed by atoms with Crippen molar-refractivity contribution in [3.05, 3.63) is 12.7 Å². The van der Waals surface area contributed by atoms with E-state index in [-0.39, 0.29) is 6.04 Å². The van der Waals surface area contributed by atoms with Gasteiger partial charge in [-0.1, -0.05) is 0 Å². The molecule has 0 aromatic carbocycles. The van der Waals surface area contributed by atoms with Gasteiger partial charge in [-0.25, -0.2) is 9.97 Å². The van der Waals surface area contributed by atoms with Gasteiger partial charge in [0.2, 0.25) is 0 Å². The number of hydrogen-bond acceptors (Lipinski definition) is 6. The molecule has 0 amide bonds. The SMILES string of the molecule is CC(CN)N(C)c1ncnc2ocnc12. The Kier molecular flexibility index (Phi) is 2.51. The largest absolute Gasteiger partial charge is 0.425 e. The van der Waals surface area contributed by atoms with Crippen LogP contribution in [-0.2, 0) is 0 Å². The van der Waals surface area contributed by atoms with Crippen molar-refractivity contribution >= 4 is 17.0 Å². The van der Waals surface area contributed by atoms with Crippen LogP contribution < -0.4 is 10.6 Å². The fraction of sp³-hybridized carbons (Fsp3) is 0.444. The molecule has 1 unspecified atom stereocenters. The Morgan fingerprint density at radius 2 is 2.27 bits per heavy atom. The number of anilines is 1. The predicted octanol–water partition coefficient (Wildman–Crippen LogP) is 0.401. The second-order valence-corrected chi connectivity index (χ2v) is 3.40. The highest BCUT2D eigenvalue weighted by Gasteiger charge is 2.15. The minimum absolute atomic E-state index is 0.194. The second kappa shape index (κ2) is 3.82. The molecule has 2 aromatic rings. The van der Waals surface area contributed by atoms with Gasteiger partial charge in [0.1, 0.15) is 6.33 Å². The molecule has 0 spiro atoms. The van der Waals surface area contributed by atoms with Crippen LogP contribution in [0.4, 0.5) is 5.82 Å². The number of aromatic nitrogens is 3. The van der Waals surface area contributed by atoms with Gasteiger partial charge < -0.3 is 15.1 Å². The van der Waals surface area contributed by atoms with E-state index in [1.807, 2.05) is 18.9 Å². The van der Waals surface area contributed by atoms with Crippen molar-refractivity contribution in [1.82, 2.24) is 15.0 Å². The van der Waals surface area contributed by atoms with E-state index in [0.717, 1.165) is 5.82 Å². The van der Waals surface area contributed by atoms with Gasteiger partial charge in [0, 0.05) is 19.6 Å². The summed E-state index contributed by atoms with van der Waals surface area (Å²) in [5, 5.41) is 0. The number of oxazole rings is 1. The molecule has 6 heteroatoms. The zero-order valence-corrected chi connectivity index (χ0v) is 8.71. The van der Waals surface area contributed by atoms with Crippen LogP contribution in [0.25, 0.3) is 11.2 Å². The number of hydrogen-bond donors (Lipinski definition) is 1. The maximum Gasteiger partial charge on any atom is 0.252 e. The highest BCUT2D eigenvalue weighted by molar-refractivity contribution is 5.81. The van der Waals surface area contributed by atoms with Crippen molar-refractivity contribution in [3.8, 4) is 0 Å². The zero-order chi connectivity index (χ0) is 10.8. The van der Waals surface area contributed by atoms with E-state index in [4.69, 9.17) is 10.2 Å². The molecule has 2 N–H and O–H groups in total. The lowest BCUT2D eigenvalue weighted by molar-refractivity contribution is 0.590. The number of nitrogens with two attached hydrogens (primary N) is 1. The first-order chi connectivity index (χ1) is 7.24. The third-order valence-corrected chi connectivity index (χ3v) is 2.45. The lowest BCUT2D eigenvalue weighted by Crippen LogP contribution is -2.35. The van der Waals surface area contributed by atoms with Gasteiger partial charge in [-0.05, 0) is 6.92 Å². The van der Waals surface area contributed by atoms with Crippen molar-refractivity contribution in [1.29, 1.82) is 0 Å². The first-order valence-electron chi connectivity index (χ1n) is 4.71. The molecule has 0 radical (unpaired) electrons. The summed E-state index contributed by atoms with van der Waals surface area (Å²) in [5.41, 5.74) is 6.76. The van der Waals surface area contributed by atoms with Crippen molar-refractivity contribution < 1.29 is 4.42 Å². The van der Waals surface area contributed by atoms with E-state index in [9.17, 15) is 0 Å². The molecule has 2 aromatic heterocycles. The van der Waals surface area contributed by atoms with Crippen molar-refractivity contribution in [2.24, 2.45) is 5.73 Å². The summed E-state index contributed by atoms with van der Waals surface area (Å²) in [7, 11) is 1.92. The summed E-state index contributed by atoms with van der Waals surface area (Å²) < 4.78 is 5.10. The third kappa shape index (κ3) is 1.63. The third-order valence-electron chi connectivity index (χ3n) is 2.45. The molecule has 0 aliphatic rings. The number of rotatable bonds is 3. The number of likely N-dealkylation sites (N-methyl/N-ethyl adjacent to an activating group) is 1. The maximum absolute atomic E-state index is 5.60. The fourth-order valence-electron chi connectivity index (χ4n) is 1.31. The van der Waals surface area contributed by atoms with Gasteiger partial charge in [-0.3, -0.25) is 0 Å². The van der Waals surface area contributed by atoms with Crippen LogP contribution in [0.15, 0.2) is 17.1 Å². The molecule has 1 atom stereocenters. The van der Waals surface area contributed by atoms with Crippen molar-refractivity contribution in [3.63, 3.8) is 0 Å². The Morgan fingerprint density at radius 1 is 1.47 bits per heavy atom. The summed E-state index contributed by atoms with van der Waals surface area (Å²) in [4.78, 5) is 14.2. The zero-order valence-electron chi connectivity index (χ0n) is 8.71. The van der Waals surface area contributed by atoms with Crippen LogP contribution in [0.5, 0.6) is 0 Å². The molecule has 0 bridgehead atoms. The Labute approximate surface area is 87.1 Å². The van der Waals surface area contributed by atoms with E-state index in [0.29, 0.717) is 17.8 Å². The molecule has 15 heavy (non-hydrogen) atoms. The quantitative estimate of drug-likeness (QED) is 0.784. The van der Waals surface area contributed by atoms with E-state index in [1.165, 1.54) is 12.7 Å². The van der Waals surface area contributed by atoms with E-state index >= 15 is 0 Å². The minimum Gasteiger partial charge on any atom is -0.425 e. The Bertz CT molecular complexity index is 454. The van der Waals surface area contributed by atoms with Crippen molar-refractivity contribution in [2.75, 3.05) is 18.5 Å². The highest BCUT2D eigenvalue weighted by atomic mass is 16.3. The molecule has 0 fully saturated rings.